The number of halogens is 1. The lowest BCUT2D eigenvalue weighted by atomic mass is 10.3. The molecule has 1 aromatic carbocycles. The highest BCUT2D eigenvalue weighted by Crippen LogP contribution is 2.30. The second kappa shape index (κ2) is 5.66. The number of nitrogens with zero attached hydrogens (tertiary/aromatic N) is 3. The van der Waals surface area contributed by atoms with Crippen LogP contribution in [0.3, 0.4) is 0 Å². The van der Waals surface area contributed by atoms with Crippen molar-refractivity contribution >= 4 is 65.5 Å². The van der Waals surface area contributed by atoms with E-state index in [1.807, 2.05) is 0 Å². The van der Waals surface area contributed by atoms with Crippen molar-refractivity contribution in [2.75, 3.05) is 0 Å². The lowest BCUT2D eigenvalue weighted by Crippen LogP contribution is -2.12. The number of imidazole rings is 1. The van der Waals surface area contributed by atoms with E-state index in [9.17, 15) is 13.2 Å². The zero-order chi connectivity index (χ0) is 17.8. The number of carbonyl (C=O) groups excluding carboxylic acids is 1. The van der Waals surface area contributed by atoms with Gasteiger partial charge in [0.1, 0.15) is 5.75 Å². The number of hydrogen-bond acceptors (Lipinski definition) is 8. The topological polar surface area (TPSA) is 117 Å². The molecule has 3 heterocycles. The molecule has 25 heavy (non-hydrogen) atoms. The van der Waals surface area contributed by atoms with E-state index in [1.165, 1.54) is 27.9 Å². The molecule has 0 saturated carbocycles. The minimum absolute atomic E-state index is 0.0633. The zero-order valence-electron chi connectivity index (χ0n) is 12.0. The van der Waals surface area contributed by atoms with Gasteiger partial charge in [0.25, 0.3) is 5.91 Å². The van der Waals surface area contributed by atoms with Gasteiger partial charge in [-0.25, -0.2) is 9.97 Å². The van der Waals surface area contributed by atoms with Crippen LogP contribution in [0.15, 0.2) is 34.8 Å². The number of carbonyl (C=O) groups is 1. The van der Waals surface area contributed by atoms with Gasteiger partial charge >= 0.3 is 10.1 Å². The van der Waals surface area contributed by atoms with E-state index in [0.717, 1.165) is 11.3 Å². The Labute approximate surface area is 153 Å². The number of primary amides is 1. The fourth-order valence-electron chi connectivity index (χ4n) is 2.19. The van der Waals surface area contributed by atoms with Gasteiger partial charge in [0, 0.05) is 17.6 Å². The van der Waals surface area contributed by atoms with Crippen LogP contribution in [0.1, 0.15) is 9.80 Å². The van der Waals surface area contributed by atoms with E-state index in [-0.39, 0.29) is 20.9 Å². The highest BCUT2D eigenvalue weighted by atomic mass is 35.5. The van der Waals surface area contributed by atoms with Crippen LogP contribution in [0.5, 0.6) is 5.75 Å². The average molecular weight is 415 g/mol. The molecule has 0 spiro atoms. The summed E-state index contributed by atoms with van der Waals surface area (Å²) in [6, 6.07) is 4.45. The van der Waals surface area contributed by atoms with Crippen molar-refractivity contribution in [3.63, 3.8) is 0 Å². The third kappa shape index (κ3) is 2.74. The molecule has 2 N–H and O–H groups in total. The Balaban J connectivity index is 1.75. The number of aromatic nitrogens is 3. The molecule has 1 amide bonds. The third-order valence-electron chi connectivity index (χ3n) is 3.19. The number of hydrogen-bond donors (Lipinski definition) is 1. The van der Waals surface area contributed by atoms with Crippen molar-refractivity contribution in [2.45, 2.75) is 5.03 Å². The molecule has 4 aromatic rings. The minimum Gasteiger partial charge on any atom is -0.378 e. The van der Waals surface area contributed by atoms with E-state index in [0.29, 0.717) is 15.2 Å². The summed E-state index contributed by atoms with van der Waals surface area (Å²) in [6.45, 7) is 0. The molecule has 8 nitrogen and oxygen atoms in total. The van der Waals surface area contributed by atoms with Gasteiger partial charge in [-0.1, -0.05) is 11.6 Å². The van der Waals surface area contributed by atoms with E-state index < -0.39 is 16.0 Å². The predicted octanol–water partition coefficient (Wildman–Crippen LogP) is 2.53. The molecule has 128 valence electrons. The monoisotopic (exact) mass is 414 g/mol. The van der Waals surface area contributed by atoms with Crippen LogP contribution in [0, 0.1) is 0 Å². The maximum Gasteiger partial charge on any atom is 0.358 e. The van der Waals surface area contributed by atoms with Gasteiger partial charge in [-0.15, -0.1) is 22.7 Å². The number of fused-ring (bicyclic) bond motifs is 2. The molecule has 0 aliphatic rings. The van der Waals surface area contributed by atoms with E-state index in [4.69, 9.17) is 21.5 Å². The van der Waals surface area contributed by atoms with Crippen molar-refractivity contribution in [2.24, 2.45) is 5.73 Å². The van der Waals surface area contributed by atoms with Crippen LogP contribution >= 0.6 is 34.3 Å². The van der Waals surface area contributed by atoms with Crippen LogP contribution in [-0.4, -0.2) is 28.7 Å². The minimum atomic E-state index is -4.21. The van der Waals surface area contributed by atoms with Crippen molar-refractivity contribution in [3.8, 4) is 5.75 Å². The largest absolute Gasteiger partial charge is 0.378 e. The summed E-state index contributed by atoms with van der Waals surface area (Å²) in [6.07, 6.45) is 1.54. The fourth-order valence-corrected chi connectivity index (χ4v) is 5.39. The average Bonchev–Trinajstić information content (AvgIpc) is 3.19. The van der Waals surface area contributed by atoms with E-state index in [2.05, 4.69) is 9.97 Å². The molecule has 0 bridgehead atoms. The molecule has 0 atom stereocenters. The van der Waals surface area contributed by atoms with Gasteiger partial charge in [-0.2, -0.15) is 8.42 Å². The van der Waals surface area contributed by atoms with E-state index in [1.54, 1.807) is 17.6 Å². The van der Waals surface area contributed by atoms with Crippen LogP contribution < -0.4 is 9.92 Å². The summed E-state index contributed by atoms with van der Waals surface area (Å²) in [5.41, 5.74) is 5.72. The Morgan fingerprint density at radius 1 is 1.32 bits per heavy atom. The Bertz CT molecular complexity index is 1240. The molecule has 3 aromatic heterocycles. The number of nitrogens with two attached hydrogens (primary N) is 1. The molecule has 12 heteroatoms. The number of rotatable bonds is 4. The quantitative estimate of drug-likeness (QED) is 0.513. The highest BCUT2D eigenvalue weighted by molar-refractivity contribution is 7.87. The Hall–Kier alpha value is -2.21. The lowest BCUT2D eigenvalue weighted by molar-refractivity contribution is 0.1000. The standard InChI is InChI=1S/C13H7ClN4O4S3/c14-9-12(18-3-4-23-13(18)17-9)25(20,21)22-6-1-2-7-8(5-6)24-11(16-7)10(15)19/h1-5H,(H2,15,19). The van der Waals surface area contributed by atoms with Crippen LogP contribution in [0.4, 0.5) is 0 Å². The summed E-state index contributed by atoms with van der Waals surface area (Å²) in [4.78, 5) is 19.7. The molecular formula is C13H7ClN4O4S3. The molecule has 0 fully saturated rings. The Morgan fingerprint density at radius 2 is 2.12 bits per heavy atom. The molecule has 0 aliphatic heterocycles. The summed E-state index contributed by atoms with van der Waals surface area (Å²) < 4.78 is 32.3. The first-order chi connectivity index (χ1) is 11.8. The number of thiazole rings is 2. The molecule has 4 rings (SSSR count). The van der Waals surface area contributed by atoms with Crippen molar-refractivity contribution < 1.29 is 17.4 Å². The SMILES string of the molecule is NC(=O)c1nc2ccc(OS(=O)(=O)c3c(Cl)nc4sccn34)cc2s1. The summed E-state index contributed by atoms with van der Waals surface area (Å²) in [5, 5.41) is 1.41. The van der Waals surface area contributed by atoms with Gasteiger partial charge in [0.2, 0.25) is 5.03 Å². The lowest BCUT2D eigenvalue weighted by Gasteiger charge is -2.06. The van der Waals surface area contributed by atoms with Gasteiger partial charge in [-0.3, -0.25) is 9.20 Å². The molecule has 0 radical (unpaired) electrons. The fraction of sp³-hybridized carbons (Fsp3) is 0. The van der Waals surface area contributed by atoms with Crippen molar-refractivity contribution in [3.05, 3.63) is 39.9 Å². The summed E-state index contributed by atoms with van der Waals surface area (Å²) >= 11 is 8.25. The number of benzene rings is 1. The van der Waals surface area contributed by atoms with Gasteiger partial charge in [0.05, 0.1) is 10.2 Å². The van der Waals surface area contributed by atoms with Gasteiger partial charge in [-0.05, 0) is 12.1 Å². The van der Waals surface area contributed by atoms with Gasteiger partial charge < -0.3 is 9.92 Å². The highest BCUT2D eigenvalue weighted by Gasteiger charge is 2.27. The molecule has 0 unspecified atom stereocenters. The second-order valence-corrected chi connectivity index (χ2v) is 8.54. The molecule has 0 saturated heterocycles. The number of amides is 1. The van der Waals surface area contributed by atoms with Crippen LogP contribution in [0.25, 0.3) is 15.2 Å². The first kappa shape index (κ1) is 16.3. The first-order valence-corrected chi connectivity index (χ1v) is 10.1. The Kier molecular flexibility index (Phi) is 3.68. The predicted molar refractivity (Wildman–Crippen MR) is 94.0 cm³/mol. The van der Waals surface area contributed by atoms with Gasteiger partial charge in [0.15, 0.2) is 15.1 Å². The second-order valence-electron chi connectivity index (χ2n) is 4.81. The maximum atomic E-state index is 12.6. The smallest absolute Gasteiger partial charge is 0.358 e. The molecule has 0 aliphatic carbocycles. The summed E-state index contributed by atoms with van der Waals surface area (Å²) in [5.74, 6) is -0.587. The van der Waals surface area contributed by atoms with Crippen molar-refractivity contribution in [1.29, 1.82) is 0 Å². The summed E-state index contributed by atoms with van der Waals surface area (Å²) in [7, 11) is -4.21. The zero-order valence-corrected chi connectivity index (χ0v) is 15.2. The van der Waals surface area contributed by atoms with E-state index >= 15 is 0 Å². The molecular weight excluding hydrogens is 408 g/mol. The Morgan fingerprint density at radius 3 is 2.88 bits per heavy atom. The van der Waals surface area contributed by atoms with Crippen LogP contribution in [0.2, 0.25) is 5.15 Å². The first-order valence-electron chi connectivity index (χ1n) is 6.61. The normalized spacial score (nSPS) is 12.0. The maximum absolute atomic E-state index is 12.6. The third-order valence-corrected chi connectivity index (χ3v) is 6.63. The van der Waals surface area contributed by atoms with Crippen molar-refractivity contribution in [1.82, 2.24) is 14.4 Å². The van der Waals surface area contributed by atoms with Crippen LogP contribution in [-0.2, 0) is 10.1 Å².